The highest BCUT2D eigenvalue weighted by molar-refractivity contribution is 5.37. The molecule has 8 heteroatoms. The summed E-state index contributed by atoms with van der Waals surface area (Å²) in [5, 5.41) is 2.84. The molecule has 1 aliphatic rings. The topological polar surface area (TPSA) is 47.0 Å². The van der Waals surface area contributed by atoms with Crippen molar-refractivity contribution in [3.05, 3.63) is 17.6 Å². The molecule has 0 amide bonds. The molecule has 2 rings (SSSR count). The van der Waals surface area contributed by atoms with Crippen molar-refractivity contribution in [2.45, 2.75) is 37.7 Å². The summed E-state index contributed by atoms with van der Waals surface area (Å²) in [4.78, 5) is 8.25. The highest BCUT2D eigenvalue weighted by Crippen LogP contribution is 2.39. The van der Waals surface area contributed by atoms with Gasteiger partial charge in [-0.2, -0.15) is 8.78 Å². The molecule has 0 aromatic carbocycles. The van der Waals surface area contributed by atoms with E-state index in [1.54, 1.807) is 13.1 Å². The van der Waals surface area contributed by atoms with E-state index in [0.717, 1.165) is 18.5 Å². The van der Waals surface area contributed by atoms with Gasteiger partial charge in [0.25, 0.3) is 0 Å². The maximum atomic E-state index is 12.7. The maximum absolute atomic E-state index is 12.7. The Balaban J connectivity index is 1.97. The second kappa shape index (κ2) is 5.90. The van der Waals surface area contributed by atoms with Crippen LogP contribution >= 0.6 is 0 Å². The first-order valence-electron chi connectivity index (χ1n) is 6.21. The molecule has 1 fully saturated rings. The summed E-state index contributed by atoms with van der Waals surface area (Å²) >= 11 is 0. The van der Waals surface area contributed by atoms with Gasteiger partial charge < -0.3 is 10.1 Å². The number of alkyl halides is 4. The Morgan fingerprint density at radius 1 is 1.40 bits per heavy atom. The zero-order valence-corrected chi connectivity index (χ0v) is 10.9. The summed E-state index contributed by atoms with van der Waals surface area (Å²) < 4.78 is 53.9. The predicted octanol–water partition coefficient (Wildman–Crippen LogP) is 2.81. The van der Waals surface area contributed by atoms with Gasteiger partial charge in [-0.05, 0) is 12.8 Å². The van der Waals surface area contributed by atoms with Crippen molar-refractivity contribution in [2.75, 3.05) is 19.0 Å². The molecule has 0 saturated heterocycles. The summed E-state index contributed by atoms with van der Waals surface area (Å²) in [5.74, 6) is -3.02. The smallest absolute Gasteiger partial charge is 0.330 e. The third kappa shape index (κ3) is 3.78. The van der Waals surface area contributed by atoms with Crippen molar-refractivity contribution >= 4 is 5.82 Å². The lowest BCUT2D eigenvalue weighted by Crippen LogP contribution is -2.32. The normalized spacial score (nSPS) is 15.7. The molecule has 1 saturated carbocycles. The molecule has 1 aromatic rings. The second-order valence-electron chi connectivity index (χ2n) is 4.67. The van der Waals surface area contributed by atoms with Crippen molar-refractivity contribution in [3.8, 4) is 0 Å². The number of hydrogen-bond acceptors (Lipinski definition) is 4. The van der Waals surface area contributed by atoms with Gasteiger partial charge in [-0.25, -0.2) is 18.7 Å². The highest BCUT2D eigenvalue weighted by atomic mass is 19.3. The van der Waals surface area contributed by atoms with Gasteiger partial charge in [-0.3, -0.25) is 0 Å². The van der Waals surface area contributed by atoms with Gasteiger partial charge in [0.15, 0.2) is 5.82 Å². The third-order valence-corrected chi connectivity index (χ3v) is 2.89. The van der Waals surface area contributed by atoms with E-state index in [1.807, 2.05) is 0 Å². The molecule has 0 unspecified atom stereocenters. The lowest BCUT2D eigenvalue weighted by Gasteiger charge is -2.15. The lowest BCUT2D eigenvalue weighted by atomic mass is 10.2. The van der Waals surface area contributed by atoms with E-state index in [2.05, 4.69) is 20.0 Å². The lowest BCUT2D eigenvalue weighted by molar-refractivity contribution is -0.168. The molecule has 20 heavy (non-hydrogen) atoms. The summed E-state index contributed by atoms with van der Waals surface area (Å²) in [7, 11) is 1.68. The molecule has 0 radical (unpaired) electrons. The molecule has 0 spiro atoms. The molecule has 112 valence electrons. The van der Waals surface area contributed by atoms with Gasteiger partial charge in [0.1, 0.15) is 19.0 Å². The molecule has 1 aliphatic carbocycles. The zero-order chi connectivity index (χ0) is 14.8. The first kappa shape index (κ1) is 15.0. The van der Waals surface area contributed by atoms with Crippen LogP contribution in [0, 0.1) is 0 Å². The number of ether oxygens (including phenoxy) is 1. The van der Waals surface area contributed by atoms with E-state index in [0.29, 0.717) is 11.7 Å². The fraction of sp³-hybridized carbons (Fsp3) is 0.667. The van der Waals surface area contributed by atoms with Crippen LogP contribution < -0.4 is 5.32 Å². The minimum atomic E-state index is -4.15. The Kier molecular flexibility index (Phi) is 4.42. The molecule has 1 aromatic heterocycles. The Bertz CT molecular complexity index is 466. The van der Waals surface area contributed by atoms with Crippen LogP contribution in [0.3, 0.4) is 0 Å². The van der Waals surface area contributed by atoms with Crippen LogP contribution in [0.1, 0.15) is 30.3 Å². The molecule has 1 heterocycles. The van der Waals surface area contributed by atoms with Gasteiger partial charge in [-0.1, -0.05) is 0 Å². The van der Waals surface area contributed by atoms with E-state index >= 15 is 0 Å². The number of halogens is 4. The highest BCUT2D eigenvalue weighted by Gasteiger charge is 2.41. The van der Waals surface area contributed by atoms with Gasteiger partial charge in [0, 0.05) is 24.7 Å². The average molecular weight is 293 g/mol. The number of nitrogens with one attached hydrogen (secondary N) is 1. The van der Waals surface area contributed by atoms with Crippen molar-refractivity contribution in [2.24, 2.45) is 0 Å². The standard InChI is InChI=1S/C12H15F4N3O/c1-17-9-4-8(7-2-3-7)18-10(19-9)5-20-6-12(15,16)11(13)14/h4,7,11H,2-3,5-6H2,1H3,(H,17,18,19). The van der Waals surface area contributed by atoms with Gasteiger partial charge in [-0.15, -0.1) is 0 Å². The van der Waals surface area contributed by atoms with E-state index in [4.69, 9.17) is 0 Å². The Labute approximate surface area is 113 Å². The van der Waals surface area contributed by atoms with Gasteiger partial charge in [0.05, 0.1) is 0 Å². The van der Waals surface area contributed by atoms with Crippen LogP contribution in [0.2, 0.25) is 0 Å². The minimum absolute atomic E-state index is 0.212. The molecule has 4 nitrogen and oxygen atoms in total. The summed E-state index contributed by atoms with van der Waals surface area (Å²) in [6.45, 7) is -1.67. The average Bonchev–Trinajstić information content (AvgIpc) is 3.22. The zero-order valence-electron chi connectivity index (χ0n) is 10.9. The van der Waals surface area contributed by atoms with E-state index < -0.39 is 19.0 Å². The molecule has 1 N–H and O–H groups in total. The van der Waals surface area contributed by atoms with Gasteiger partial charge >= 0.3 is 12.3 Å². The molecular formula is C12H15F4N3O. The van der Waals surface area contributed by atoms with Crippen molar-refractivity contribution in [1.82, 2.24) is 9.97 Å². The Morgan fingerprint density at radius 3 is 2.65 bits per heavy atom. The molecule has 0 atom stereocenters. The van der Waals surface area contributed by atoms with Crippen LogP contribution in [-0.2, 0) is 11.3 Å². The predicted molar refractivity (Wildman–Crippen MR) is 64.2 cm³/mol. The van der Waals surface area contributed by atoms with Crippen molar-refractivity contribution in [3.63, 3.8) is 0 Å². The Morgan fingerprint density at radius 2 is 2.10 bits per heavy atom. The first-order chi connectivity index (χ1) is 9.42. The number of aromatic nitrogens is 2. The van der Waals surface area contributed by atoms with E-state index in [1.165, 1.54) is 0 Å². The van der Waals surface area contributed by atoms with Crippen molar-refractivity contribution < 1.29 is 22.3 Å². The van der Waals surface area contributed by atoms with Gasteiger partial charge in [0.2, 0.25) is 0 Å². The van der Waals surface area contributed by atoms with Crippen molar-refractivity contribution in [1.29, 1.82) is 0 Å². The molecular weight excluding hydrogens is 278 g/mol. The molecule has 0 aliphatic heterocycles. The van der Waals surface area contributed by atoms with Crippen LogP contribution in [-0.4, -0.2) is 36.0 Å². The monoisotopic (exact) mass is 293 g/mol. The fourth-order valence-corrected chi connectivity index (χ4v) is 1.64. The third-order valence-electron chi connectivity index (χ3n) is 2.89. The number of anilines is 1. The molecule has 0 bridgehead atoms. The number of rotatable bonds is 7. The van der Waals surface area contributed by atoms with Crippen LogP contribution in [0.15, 0.2) is 6.07 Å². The van der Waals surface area contributed by atoms with E-state index in [9.17, 15) is 17.6 Å². The largest absolute Gasteiger partial charge is 0.373 e. The van der Waals surface area contributed by atoms with Crippen LogP contribution in [0.25, 0.3) is 0 Å². The summed E-state index contributed by atoms with van der Waals surface area (Å²) in [5.41, 5.74) is 0.823. The minimum Gasteiger partial charge on any atom is -0.373 e. The summed E-state index contributed by atoms with van der Waals surface area (Å²) in [6, 6.07) is 1.79. The number of nitrogens with zero attached hydrogens (tertiary/aromatic N) is 2. The Hall–Kier alpha value is -1.44. The maximum Gasteiger partial charge on any atom is 0.330 e. The van der Waals surface area contributed by atoms with Crippen LogP contribution in [0.4, 0.5) is 23.4 Å². The fourth-order valence-electron chi connectivity index (χ4n) is 1.64. The second-order valence-corrected chi connectivity index (χ2v) is 4.67. The quantitative estimate of drug-likeness (QED) is 0.785. The number of hydrogen-bond donors (Lipinski definition) is 1. The SMILES string of the molecule is CNc1cc(C2CC2)nc(COCC(F)(F)C(F)F)n1. The van der Waals surface area contributed by atoms with E-state index in [-0.39, 0.29) is 12.4 Å². The summed E-state index contributed by atoms with van der Waals surface area (Å²) in [6.07, 6.45) is -1.68. The van der Waals surface area contributed by atoms with Crippen LogP contribution in [0.5, 0.6) is 0 Å². The first-order valence-corrected chi connectivity index (χ1v) is 6.21.